The van der Waals surface area contributed by atoms with E-state index in [9.17, 15) is 4.79 Å². The van der Waals surface area contributed by atoms with Crippen molar-refractivity contribution in [2.24, 2.45) is 5.41 Å². The average Bonchev–Trinajstić information content (AvgIpc) is 2.33. The molecule has 0 atom stereocenters. The summed E-state index contributed by atoms with van der Waals surface area (Å²) in [6, 6.07) is 7.86. The Balaban J connectivity index is 1.96. The Hall–Kier alpha value is -1.35. The summed E-state index contributed by atoms with van der Waals surface area (Å²) in [5.74, 6) is -0.00594. The highest BCUT2D eigenvalue weighted by molar-refractivity contribution is 5.94. The number of nitrogens with one attached hydrogen (secondary N) is 1. The molecule has 2 rings (SSSR count). The molecule has 0 aliphatic carbocycles. The van der Waals surface area contributed by atoms with Crippen LogP contribution in [0.4, 0.5) is 0 Å². The highest BCUT2D eigenvalue weighted by atomic mass is 16.5. The van der Waals surface area contributed by atoms with Crippen molar-refractivity contribution in [2.45, 2.75) is 33.1 Å². The minimum Gasteiger partial charge on any atom is -0.380 e. The minimum absolute atomic E-state index is 0.00594. The summed E-state index contributed by atoms with van der Waals surface area (Å²) in [4.78, 5) is 12.0. The van der Waals surface area contributed by atoms with Gasteiger partial charge in [0.05, 0.1) is 13.2 Å². The van der Waals surface area contributed by atoms with Crippen LogP contribution in [0.2, 0.25) is 0 Å². The third-order valence-electron chi connectivity index (χ3n) is 3.59. The zero-order valence-electron chi connectivity index (χ0n) is 12.2. The van der Waals surface area contributed by atoms with E-state index in [-0.39, 0.29) is 16.7 Å². The van der Waals surface area contributed by atoms with Crippen molar-refractivity contribution < 1.29 is 9.53 Å². The molecule has 104 valence electrons. The SMILES string of the molecule is CC1(CNC(=O)c2ccc(C(C)(C)C)cc2)COC1. The number of ether oxygens (including phenoxy) is 1. The summed E-state index contributed by atoms with van der Waals surface area (Å²) >= 11 is 0. The molecule has 1 N–H and O–H groups in total. The molecule has 1 fully saturated rings. The molecular weight excluding hydrogens is 238 g/mol. The lowest BCUT2D eigenvalue weighted by atomic mass is 9.86. The molecule has 1 aromatic rings. The van der Waals surface area contributed by atoms with Crippen molar-refractivity contribution in [3.8, 4) is 0 Å². The summed E-state index contributed by atoms with van der Waals surface area (Å²) in [5.41, 5.74) is 2.19. The third kappa shape index (κ3) is 3.35. The number of amides is 1. The highest BCUT2D eigenvalue weighted by Gasteiger charge is 2.33. The van der Waals surface area contributed by atoms with E-state index in [0.29, 0.717) is 6.54 Å². The van der Waals surface area contributed by atoms with Gasteiger partial charge in [0.2, 0.25) is 0 Å². The van der Waals surface area contributed by atoms with Crippen LogP contribution in [0.1, 0.15) is 43.6 Å². The van der Waals surface area contributed by atoms with Crippen LogP contribution in [0.15, 0.2) is 24.3 Å². The number of hydrogen-bond donors (Lipinski definition) is 1. The quantitative estimate of drug-likeness (QED) is 0.908. The van der Waals surface area contributed by atoms with Crippen LogP contribution in [0.5, 0.6) is 0 Å². The minimum atomic E-state index is -0.00594. The maximum absolute atomic E-state index is 12.0. The first kappa shape index (κ1) is 14.1. The molecule has 1 aliphatic heterocycles. The predicted octanol–water partition coefficient (Wildman–Crippen LogP) is 2.75. The van der Waals surface area contributed by atoms with Gasteiger partial charge in [0.15, 0.2) is 0 Å². The first-order valence-electron chi connectivity index (χ1n) is 6.77. The molecule has 0 bridgehead atoms. The van der Waals surface area contributed by atoms with Gasteiger partial charge >= 0.3 is 0 Å². The number of carbonyl (C=O) groups is 1. The molecule has 1 heterocycles. The Morgan fingerprint density at radius 3 is 2.26 bits per heavy atom. The monoisotopic (exact) mass is 261 g/mol. The maximum Gasteiger partial charge on any atom is 0.251 e. The van der Waals surface area contributed by atoms with Crippen LogP contribution in [0, 0.1) is 5.41 Å². The van der Waals surface area contributed by atoms with E-state index in [1.165, 1.54) is 5.56 Å². The molecule has 3 heteroatoms. The van der Waals surface area contributed by atoms with E-state index >= 15 is 0 Å². The topological polar surface area (TPSA) is 38.3 Å². The second-order valence-corrected chi connectivity index (χ2v) is 6.81. The number of rotatable bonds is 3. The lowest BCUT2D eigenvalue weighted by Crippen LogP contribution is -2.48. The Kier molecular flexibility index (Phi) is 3.68. The smallest absolute Gasteiger partial charge is 0.251 e. The van der Waals surface area contributed by atoms with Crippen molar-refractivity contribution in [1.82, 2.24) is 5.32 Å². The second-order valence-electron chi connectivity index (χ2n) is 6.81. The van der Waals surface area contributed by atoms with Gasteiger partial charge in [0.1, 0.15) is 0 Å². The molecule has 1 amide bonds. The first-order chi connectivity index (χ1) is 8.80. The van der Waals surface area contributed by atoms with Crippen LogP contribution in [0.25, 0.3) is 0 Å². The van der Waals surface area contributed by atoms with E-state index in [4.69, 9.17) is 4.74 Å². The fraction of sp³-hybridized carbons (Fsp3) is 0.562. The highest BCUT2D eigenvalue weighted by Crippen LogP contribution is 2.25. The van der Waals surface area contributed by atoms with Gasteiger partial charge in [-0.3, -0.25) is 4.79 Å². The second kappa shape index (κ2) is 4.97. The summed E-state index contributed by atoms with van der Waals surface area (Å²) in [7, 11) is 0. The van der Waals surface area contributed by atoms with E-state index in [0.717, 1.165) is 18.8 Å². The predicted molar refractivity (Wildman–Crippen MR) is 76.4 cm³/mol. The van der Waals surface area contributed by atoms with Gasteiger partial charge < -0.3 is 10.1 Å². The average molecular weight is 261 g/mol. The van der Waals surface area contributed by atoms with Gasteiger partial charge in [-0.1, -0.05) is 39.8 Å². The zero-order chi connectivity index (χ0) is 14.1. The third-order valence-corrected chi connectivity index (χ3v) is 3.59. The van der Waals surface area contributed by atoms with Gasteiger partial charge in [-0.2, -0.15) is 0 Å². The molecule has 1 saturated heterocycles. The number of hydrogen-bond acceptors (Lipinski definition) is 2. The van der Waals surface area contributed by atoms with Crippen LogP contribution in [0.3, 0.4) is 0 Å². The van der Waals surface area contributed by atoms with Gasteiger partial charge in [-0.15, -0.1) is 0 Å². The summed E-state index contributed by atoms with van der Waals surface area (Å²) in [5, 5.41) is 2.98. The van der Waals surface area contributed by atoms with Gasteiger partial charge in [0, 0.05) is 17.5 Å². The van der Waals surface area contributed by atoms with Crippen LogP contribution >= 0.6 is 0 Å². The van der Waals surface area contributed by atoms with Crippen molar-refractivity contribution in [2.75, 3.05) is 19.8 Å². The molecule has 0 unspecified atom stereocenters. The zero-order valence-corrected chi connectivity index (χ0v) is 12.2. The fourth-order valence-corrected chi connectivity index (χ4v) is 2.07. The van der Waals surface area contributed by atoms with Crippen LogP contribution in [-0.4, -0.2) is 25.7 Å². The fourth-order valence-electron chi connectivity index (χ4n) is 2.07. The number of benzene rings is 1. The summed E-state index contributed by atoms with van der Waals surface area (Å²) < 4.78 is 5.18. The molecule has 1 aromatic carbocycles. The normalized spacial score (nSPS) is 17.7. The van der Waals surface area contributed by atoms with Crippen molar-refractivity contribution >= 4 is 5.91 Å². The molecule has 0 spiro atoms. The summed E-state index contributed by atoms with van der Waals surface area (Å²) in [6.45, 7) is 10.8. The Morgan fingerprint density at radius 1 is 1.26 bits per heavy atom. The van der Waals surface area contributed by atoms with E-state index in [1.807, 2.05) is 24.3 Å². The molecular formula is C16H23NO2. The van der Waals surface area contributed by atoms with E-state index in [2.05, 4.69) is 33.0 Å². The van der Waals surface area contributed by atoms with E-state index in [1.54, 1.807) is 0 Å². The Morgan fingerprint density at radius 2 is 1.84 bits per heavy atom. The van der Waals surface area contributed by atoms with Gasteiger partial charge in [-0.05, 0) is 23.1 Å². The van der Waals surface area contributed by atoms with Crippen molar-refractivity contribution in [3.63, 3.8) is 0 Å². The molecule has 0 saturated carbocycles. The van der Waals surface area contributed by atoms with Crippen molar-refractivity contribution in [3.05, 3.63) is 35.4 Å². The van der Waals surface area contributed by atoms with Crippen LogP contribution in [-0.2, 0) is 10.2 Å². The first-order valence-corrected chi connectivity index (χ1v) is 6.77. The Labute approximate surface area is 115 Å². The lowest BCUT2D eigenvalue weighted by Gasteiger charge is -2.38. The Bertz CT molecular complexity index is 453. The molecule has 19 heavy (non-hydrogen) atoms. The summed E-state index contributed by atoms with van der Waals surface area (Å²) in [6.07, 6.45) is 0. The van der Waals surface area contributed by atoms with Gasteiger partial charge in [-0.25, -0.2) is 0 Å². The van der Waals surface area contributed by atoms with E-state index < -0.39 is 0 Å². The standard InChI is InChI=1S/C16H23NO2/c1-15(2,3)13-7-5-12(6-8-13)14(18)17-9-16(4)10-19-11-16/h5-8H,9-11H2,1-4H3,(H,17,18). The molecule has 0 aromatic heterocycles. The molecule has 1 aliphatic rings. The van der Waals surface area contributed by atoms with Gasteiger partial charge in [0.25, 0.3) is 5.91 Å². The molecule has 0 radical (unpaired) electrons. The number of carbonyl (C=O) groups excluding carboxylic acids is 1. The lowest BCUT2D eigenvalue weighted by molar-refractivity contribution is -0.0978. The maximum atomic E-state index is 12.0. The van der Waals surface area contributed by atoms with Crippen molar-refractivity contribution in [1.29, 1.82) is 0 Å². The van der Waals surface area contributed by atoms with Crippen LogP contribution < -0.4 is 5.32 Å². The largest absolute Gasteiger partial charge is 0.380 e. The molecule has 3 nitrogen and oxygen atoms in total.